The molecular weight excluding hydrogens is 332 g/mol. The molecule has 27 heavy (non-hydrogen) atoms. The zero-order chi connectivity index (χ0) is 19.6. The number of aromatic hydroxyl groups is 2. The number of aryl methyl sites for hydroxylation is 2. The lowest BCUT2D eigenvalue weighted by atomic mass is 9.61. The molecule has 0 radical (unpaired) electrons. The van der Waals surface area contributed by atoms with Gasteiger partial charge in [0.1, 0.15) is 11.5 Å². The number of benzene rings is 2. The van der Waals surface area contributed by atoms with E-state index in [1.165, 1.54) is 24.0 Å². The van der Waals surface area contributed by atoms with Crippen molar-refractivity contribution in [3.63, 3.8) is 0 Å². The molecule has 0 saturated heterocycles. The van der Waals surface area contributed by atoms with Gasteiger partial charge in [0.25, 0.3) is 0 Å². The summed E-state index contributed by atoms with van der Waals surface area (Å²) in [4.78, 5) is 0. The van der Waals surface area contributed by atoms with E-state index in [1.54, 1.807) is 0 Å². The van der Waals surface area contributed by atoms with Crippen LogP contribution in [-0.4, -0.2) is 10.2 Å². The first-order valence-corrected chi connectivity index (χ1v) is 10.6. The number of hydrogen-bond donors (Lipinski definition) is 2. The zero-order valence-electron chi connectivity index (χ0n) is 17.3. The van der Waals surface area contributed by atoms with Gasteiger partial charge in [0, 0.05) is 5.41 Å². The second-order valence-corrected chi connectivity index (χ2v) is 8.56. The van der Waals surface area contributed by atoms with Crippen molar-refractivity contribution < 1.29 is 10.2 Å². The topological polar surface area (TPSA) is 40.5 Å². The van der Waals surface area contributed by atoms with E-state index in [0.29, 0.717) is 11.5 Å². The third-order valence-electron chi connectivity index (χ3n) is 6.85. The molecule has 2 nitrogen and oxygen atoms in total. The van der Waals surface area contributed by atoms with E-state index < -0.39 is 0 Å². The molecule has 1 saturated carbocycles. The van der Waals surface area contributed by atoms with Gasteiger partial charge in [-0.05, 0) is 84.7 Å². The molecule has 0 atom stereocenters. The average Bonchev–Trinajstić information content (AvgIpc) is 2.68. The molecule has 2 aromatic rings. The number of phenols is 2. The van der Waals surface area contributed by atoms with E-state index in [-0.39, 0.29) is 5.41 Å². The van der Waals surface area contributed by atoms with Gasteiger partial charge in [0.2, 0.25) is 0 Å². The van der Waals surface area contributed by atoms with Crippen LogP contribution >= 0.6 is 0 Å². The molecule has 0 heterocycles. The van der Waals surface area contributed by atoms with Crippen molar-refractivity contribution in [3.8, 4) is 11.5 Å². The summed E-state index contributed by atoms with van der Waals surface area (Å²) in [5.41, 5.74) is 4.64. The lowest BCUT2D eigenvalue weighted by Crippen LogP contribution is -2.34. The maximum Gasteiger partial charge on any atom is 0.118 e. The Kier molecular flexibility index (Phi) is 5.83. The van der Waals surface area contributed by atoms with Crippen LogP contribution in [0.15, 0.2) is 36.4 Å². The quantitative estimate of drug-likeness (QED) is 0.647. The van der Waals surface area contributed by atoms with Crippen LogP contribution in [0.1, 0.15) is 75.6 Å². The molecule has 1 aliphatic rings. The summed E-state index contributed by atoms with van der Waals surface area (Å²) in [5, 5.41) is 20.4. The highest BCUT2D eigenvalue weighted by molar-refractivity contribution is 5.48. The van der Waals surface area contributed by atoms with Crippen molar-refractivity contribution in [1.29, 1.82) is 0 Å². The van der Waals surface area contributed by atoms with Gasteiger partial charge < -0.3 is 10.2 Å². The van der Waals surface area contributed by atoms with Gasteiger partial charge in [0.15, 0.2) is 0 Å². The van der Waals surface area contributed by atoms with Crippen LogP contribution in [0.3, 0.4) is 0 Å². The van der Waals surface area contributed by atoms with Crippen LogP contribution in [0.4, 0.5) is 0 Å². The van der Waals surface area contributed by atoms with Gasteiger partial charge in [0.05, 0.1) is 0 Å². The molecule has 0 amide bonds. The van der Waals surface area contributed by atoms with Gasteiger partial charge in [-0.25, -0.2) is 0 Å². The average molecular weight is 367 g/mol. The fourth-order valence-electron chi connectivity index (χ4n) is 4.88. The Morgan fingerprint density at radius 2 is 1.30 bits per heavy atom. The summed E-state index contributed by atoms with van der Waals surface area (Å²) in [6, 6.07) is 12.4. The van der Waals surface area contributed by atoms with Crippen molar-refractivity contribution in [2.75, 3.05) is 0 Å². The molecule has 0 spiro atoms. The third kappa shape index (κ3) is 3.72. The van der Waals surface area contributed by atoms with Crippen molar-refractivity contribution in [1.82, 2.24) is 0 Å². The fourth-order valence-corrected chi connectivity index (χ4v) is 4.88. The van der Waals surface area contributed by atoms with Crippen molar-refractivity contribution in [2.24, 2.45) is 11.8 Å². The second kappa shape index (κ2) is 7.96. The molecule has 1 fully saturated rings. The van der Waals surface area contributed by atoms with Crippen molar-refractivity contribution >= 4 is 0 Å². The Labute approximate surface area is 164 Å². The minimum atomic E-state index is -0.0272. The first-order chi connectivity index (χ1) is 12.9. The molecule has 2 N–H and O–H groups in total. The van der Waals surface area contributed by atoms with Gasteiger partial charge in [-0.15, -0.1) is 0 Å². The fraction of sp³-hybridized carbons (Fsp3) is 0.520. The molecule has 0 aliphatic heterocycles. The first kappa shape index (κ1) is 19.8. The predicted octanol–water partition coefficient (Wildman–Crippen LogP) is 6.35. The lowest BCUT2D eigenvalue weighted by molar-refractivity contribution is 0.217. The highest BCUT2D eigenvalue weighted by Crippen LogP contribution is 2.49. The highest BCUT2D eigenvalue weighted by atomic mass is 16.3. The third-order valence-corrected chi connectivity index (χ3v) is 6.85. The first-order valence-electron chi connectivity index (χ1n) is 10.6. The molecule has 0 aromatic heterocycles. The lowest BCUT2D eigenvalue weighted by Gasteiger charge is -2.43. The predicted molar refractivity (Wildman–Crippen MR) is 113 cm³/mol. The molecule has 0 unspecified atom stereocenters. The van der Waals surface area contributed by atoms with Crippen molar-refractivity contribution in [3.05, 3.63) is 58.7 Å². The minimum absolute atomic E-state index is 0.0272. The molecule has 2 heteroatoms. The molecule has 1 aliphatic carbocycles. The van der Waals surface area contributed by atoms with Crippen LogP contribution in [0.2, 0.25) is 0 Å². The maximum absolute atomic E-state index is 10.2. The van der Waals surface area contributed by atoms with Crippen LogP contribution in [0, 0.1) is 11.8 Å². The summed E-state index contributed by atoms with van der Waals surface area (Å²) in [5.74, 6) is 2.29. The van der Waals surface area contributed by atoms with Crippen LogP contribution in [-0.2, 0) is 18.3 Å². The maximum atomic E-state index is 10.2. The standard InChI is InChI=1S/C25H34O2/c1-5-18-15-21(7-9-23(18)26)25(13-11-20(12-14-25)17(3)4)22-8-10-24(27)19(6-2)16-22/h7-10,15-17,20,26-27H,5-6,11-14H2,1-4H3. The van der Waals surface area contributed by atoms with Crippen LogP contribution < -0.4 is 0 Å². The molecule has 3 rings (SSSR count). The van der Waals surface area contributed by atoms with Crippen LogP contribution in [0.25, 0.3) is 0 Å². The molecule has 146 valence electrons. The zero-order valence-corrected chi connectivity index (χ0v) is 17.3. The highest BCUT2D eigenvalue weighted by Gasteiger charge is 2.39. The van der Waals surface area contributed by atoms with E-state index in [4.69, 9.17) is 0 Å². The van der Waals surface area contributed by atoms with E-state index in [1.807, 2.05) is 12.1 Å². The van der Waals surface area contributed by atoms with Gasteiger partial charge in [-0.1, -0.05) is 52.0 Å². The normalized spacial score (nSPS) is 17.4. The van der Waals surface area contributed by atoms with E-state index >= 15 is 0 Å². The molecule has 0 bridgehead atoms. The van der Waals surface area contributed by atoms with E-state index in [9.17, 15) is 10.2 Å². The number of phenolic OH excluding ortho intramolecular Hbond substituents is 2. The Balaban J connectivity index is 2.10. The SMILES string of the molecule is CCc1cc(C2(c3ccc(O)c(CC)c3)CCC(C(C)C)CC2)ccc1O. The van der Waals surface area contributed by atoms with Crippen LogP contribution in [0.5, 0.6) is 11.5 Å². The minimum Gasteiger partial charge on any atom is -0.508 e. The summed E-state index contributed by atoms with van der Waals surface area (Å²) in [6.07, 6.45) is 6.36. The van der Waals surface area contributed by atoms with E-state index in [0.717, 1.165) is 48.6 Å². The Bertz CT molecular complexity index is 727. The monoisotopic (exact) mass is 366 g/mol. The molecular formula is C25H34O2. The summed E-state index contributed by atoms with van der Waals surface area (Å²) in [7, 11) is 0. The molecule has 2 aromatic carbocycles. The summed E-state index contributed by atoms with van der Waals surface area (Å²) >= 11 is 0. The smallest absolute Gasteiger partial charge is 0.118 e. The largest absolute Gasteiger partial charge is 0.508 e. The Morgan fingerprint density at radius 1 is 0.852 bits per heavy atom. The Hall–Kier alpha value is -1.96. The van der Waals surface area contributed by atoms with Gasteiger partial charge >= 0.3 is 0 Å². The van der Waals surface area contributed by atoms with Crippen molar-refractivity contribution in [2.45, 2.75) is 71.6 Å². The summed E-state index contributed by atoms with van der Waals surface area (Å²) in [6.45, 7) is 8.86. The van der Waals surface area contributed by atoms with E-state index in [2.05, 4.69) is 52.0 Å². The second-order valence-electron chi connectivity index (χ2n) is 8.56. The summed E-state index contributed by atoms with van der Waals surface area (Å²) < 4.78 is 0. The Morgan fingerprint density at radius 3 is 1.67 bits per heavy atom. The van der Waals surface area contributed by atoms with Gasteiger partial charge in [-0.2, -0.15) is 0 Å². The number of hydrogen-bond acceptors (Lipinski definition) is 2. The number of rotatable bonds is 5. The van der Waals surface area contributed by atoms with Gasteiger partial charge in [-0.3, -0.25) is 0 Å².